The molecule has 3 aromatic rings. The molecule has 0 unspecified atom stereocenters. The molecular weight excluding hydrogens is 260 g/mol. The number of rotatable bonds is 5. The van der Waals surface area contributed by atoms with E-state index in [9.17, 15) is 4.79 Å². The monoisotopic (exact) mass is 272 g/mol. The molecule has 2 N–H and O–H groups in total. The number of furan rings is 1. The fourth-order valence-corrected chi connectivity index (χ4v) is 1.74. The van der Waals surface area contributed by atoms with Crippen LogP contribution in [0.15, 0.2) is 45.9 Å². The van der Waals surface area contributed by atoms with Gasteiger partial charge in [-0.3, -0.25) is 4.79 Å². The van der Waals surface area contributed by atoms with E-state index in [0.717, 1.165) is 5.69 Å². The normalized spacial score (nSPS) is 10.6. The predicted molar refractivity (Wildman–Crippen MR) is 68.8 cm³/mol. The van der Waals surface area contributed by atoms with Gasteiger partial charge in [-0.1, -0.05) is 5.16 Å². The van der Waals surface area contributed by atoms with Crippen LogP contribution in [0.25, 0.3) is 11.5 Å². The third kappa shape index (κ3) is 2.61. The van der Waals surface area contributed by atoms with Gasteiger partial charge >= 0.3 is 0 Å². The second-order valence-corrected chi connectivity index (χ2v) is 4.14. The number of carbonyl (C=O) groups is 1. The maximum Gasteiger partial charge on any atom is 0.273 e. The Morgan fingerprint density at radius 2 is 2.35 bits per heavy atom. The van der Waals surface area contributed by atoms with Crippen LogP contribution in [-0.4, -0.2) is 27.6 Å². The molecule has 0 saturated carbocycles. The van der Waals surface area contributed by atoms with Crippen molar-refractivity contribution in [2.75, 3.05) is 6.54 Å². The fourth-order valence-electron chi connectivity index (χ4n) is 1.74. The summed E-state index contributed by atoms with van der Waals surface area (Å²) in [6, 6.07) is 5.02. The summed E-state index contributed by atoms with van der Waals surface area (Å²) >= 11 is 0. The maximum atomic E-state index is 11.9. The number of amides is 1. The molecule has 20 heavy (non-hydrogen) atoms. The van der Waals surface area contributed by atoms with Crippen LogP contribution < -0.4 is 5.32 Å². The molecule has 0 saturated heterocycles. The molecular formula is C13H12N4O3. The molecule has 102 valence electrons. The number of nitrogens with zero attached hydrogens (tertiary/aromatic N) is 2. The molecule has 0 bridgehead atoms. The van der Waals surface area contributed by atoms with Crippen molar-refractivity contribution in [3.8, 4) is 11.5 Å². The van der Waals surface area contributed by atoms with E-state index < -0.39 is 0 Å². The first-order valence-electron chi connectivity index (χ1n) is 6.09. The lowest BCUT2D eigenvalue weighted by Gasteiger charge is -2.00. The Labute approximate surface area is 114 Å². The molecule has 0 atom stereocenters. The summed E-state index contributed by atoms with van der Waals surface area (Å²) in [5.74, 6) is 0.675. The van der Waals surface area contributed by atoms with Gasteiger partial charge in [0.05, 0.1) is 12.6 Å². The van der Waals surface area contributed by atoms with Crippen LogP contribution in [0.3, 0.4) is 0 Å². The third-order valence-electron chi connectivity index (χ3n) is 2.74. The summed E-state index contributed by atoms with van der Waals surface area (Å²) in [4.78, 5) is 18.7. The second-order valence-electron chi connectivity index (χ2n) is 4.14. The van der Waals surface area contributed by atoms with Crippen LogP contribution in [0.5, 0.6) is 0 Å². The summed E-state index contributed by atoms with van der Waals surface area (Å²) in [5.41, 5.74) is 1.18. The summed E-state index contributed by atoms with van der Waals surface area (Å²) in [6.45, 7) is 0.490. The van der Waals surface area contributed by atoms with E-state index in [1.807, 2.05) is 0 Å². The molecule has 7 nitrogen and oxygen atoms in total. The fraction of sp³-hybridized carbons (Fsp3) is 0.154. The standard InChI is InChI=1S/C13H12N4O3/c18-13(15-4-3-9-7-14-8-16-9)10-6-12(20-17-10)11-2-1-5-19-11/h1-2,5-8H,3-4H2,(H,14,16)(H,15,18). The lowest BCUT2D eigenvalue weighted by atomic mass is 10.3. The first-order valence-corrected chi connectivity index (χ1v) is 6.09. The van der Waals surface area contributed by atoms with E-state index >= 15 is 0 Å². The second kappa shape index (κ2) is 5.43. The molecule has 1 amide bonds. The summed E-state index contributed by atoms with van der Waals surface area (Å²) in [5, 5.41) is 6.48. The minimum absolute atomic E-state index is 0.223. The Balaban J connectivity index is 1.57. The van der Waals surface area contributed by atoms with Gasteiger partial charge in [-0.2, -0.15) is 0 Å². The Kier molecular flexibility index (Phi) is 3.32. The summed E-state index contributed by atoms with van der Waals surface area (Å²) in [6.07, 6.45) is 5.53. The van der Waals surface area contributed by atoms with Crippen LogP contribution >= 0.6 is 0 Å². The smallest absolute Gasteiger partial charge is 0.273 e. The lowest BCUT2D eigenvalue weighted by molar-refractivity contribution is 0.0945. The van der Waals surface area contributed by atoms with Gasteiger partial charge in [0.15, 0.2) is 11.5 Å². The number of hydrogen-bond acceptors (Lipinski definition) is 5. The Hall–Kier alpha value is -2.83. The van der Waals surface area contributed by atoms with E-state index in [2.05, 4.69) is 20.4 Å². The van der Waals surface area contributed by atoms with Crippen LogP contribution in [0, 0.1) is 0 Å². The molecule has 0 radical (unpaired) electrons. The van der Waals surface area contributed by atoms with Crippen molar-refractivity contribution in [3.05, 3.63) is 48.4 Å². The van der Waals surface area contributed by atoms with Gasteiger partial charge in [0, 0.05) is 30.9 Å². The van der Waals surface area contributed by atoms with Gasteiger partial charge in [0.25, 0.3) is 5.91 Å². The van der Waals surface area contributed by atoms with Crippen LogP contribution in [0.4, 0.5) is 0 Å². The lowest BCUT2D eigenvalue weighted by Crippen LogP contribution is -2.25. The van der Waals surface area contributed by atoms with Gasteiger partial charge in [-0.15, -0.1) is 0 Å². The molecule has 0 fully saturated rings. The van der Waals surface area contributed by atoms with Gasteiger partial charge in [-0.25, -0.2) is 4.98 Å². The van der Waals surface area contributed by atoms with E-state index in [-0.39, 0.29) is 11.6 Å². The molecule has 0 aliphatic heterocycles. The highest BCUT2D eigenvalue weighted by atomic mass is 16.5. The maximum absolute atomic E-state index is 11.9. The zero-order chi connectivity index (χ0) is 13.8. The van der Waals surface area contributed by atoms with E-state index in [1.165, 1.54) is 6.26 Å². The topological polar surface area (TPSA) is 97.0 Å². The first kappa shape index (κ1) is 12.2. The van der Waals surface area contributed by atoms with E-state index in [4.69, 9.17) is 8.94 Å². The van der Waals surface area contributed by atoms with Gasteiger partial charge in [-0.05, 0) is 12.1 Å². The van der Waals surface area contributed by atoms with Crippen molar-refractivity contribution in [3.63, 3.8) is 0 Å². The Bertz CT molecular complexity index is 670. The molecule has 0 spiro atoms. The number of nitrogens with one attached hydrogen (secondary N) is 2. The van der Waals surface area contributed by atoms with Crippen LogP contribution in [0.1, 0.15) is 16.2 Å². The Morgan fingerprint density at radius 1 is 1.40 bits per heavy atom. The molecule has 3 rings (SSSR count). The number of imidazole rings is 1. The van der Waals surface area contributed by atoms with Crippen molar-refractivity contribution in [2.45, 2.75) is 6.42 Å². The zero-order valence-corrected chi connectivity index (χ0v) is 10.5. The minimum Gasteiger partial charge on any atom is -0.461 e. The quantitative estimate of drug-likeness (QED) is 0.735. The molecule has 3 heterocycles. The zero-order valence-electron chi connectivity index (χ0n) is 10.5. The van der Waals surface area contributed by atoms with Gasteiger partial charge in [0.2, 0.25) is 5.76 Å². The molecule has 3 aromatic heterocycles. The predicted octanol–water partition coefficient (Wildman–Crippen LogP) is 1.63. The number of H-pyrrole nitrogens is 1. The average molecular weight is 272 g/mol. The van der Waals surface area contributed by atoms with Gasteiger partial charge < -0.3 is 19.2 Å². The number of aromatic amines is 1. The molecule has 0 aliphatic carbocycles. The van der Waals surface area contributed by atoms with Crippen molar-refractivity contribution in [1.29, 1.82) is 0 Å². The van der Waals surface area contributed by atoms with Crippen molar-refractivity contribution >= 4 is 5.91 Å². The first-order chi connectivity index (χ1) is 9.83. The van der Waals surface area contributed by atoms with Crippen molar-refractivity contribution in [1.82, 2.24) is 20.4 Å². The number of aromatic nitrogens is 3. The van der Waals surface area contributed by atoms with Gasteiger partial charge in [0.1, 0.15) is 0 Å². The van der Waals surface area contributed by atoms with Crippen LogP contribution in [-0.2, 0) is 6.42 Å². The molecule has 0 aromatic carbocycles. The summed E-state index contributed by atoms with van der Waals surface area (Å²) in [7, 11) is 0. The average Bonchev–Trinajstić information content (AvgIpc) is 3.20. The number of hydrogen-bond donors (Lipinski definition) is 2. The minimum atomic E-state index is -0.286. The van der Waals surface area contributed by atoms with E-state index in [0.29, 0.717) is 24.5 Å². The van der Waals surface area contributed by atoms with E-state index in [1.54, 1.807) is 30.7 Å². The van der Waals surface area contributed by atoms with Crippen molar-refractivity contribution < 1.29 is 13.7 Å². The SMILES string of the molecule is O=C(NCCc1cnc[nH]1)c1cc(-c2ccco2)on1. The highest BCUT2D eigenvalue weighted by Crippen LogP contribution is 2.20. The summed E-state index contributed by atoms with van der Waals surface area (Å²) < 4.78 is 10.2. The highest BCUT2D eigenvalue weighted by molar-refractivity contribution is 5.92. The molecule has 7 heteroatoms. The third-order valence-corrected chi connectivity index (χ3v) is 2.74. The Morgan fingerprint density at radius 3 is 3.10 bits per heavy atom. The molecule has 0 aliphatic rings. The largest absolute Gasteiger partial charge is 0.461 e. The highest BCUT2D eigenvalue weighted by Gasteiger charge is 2.14. The van der Waals surface area contributed by atoms with Crippen LogP contribution in [0.2, 0.25) is 0 Å². The number of carbonyl (C=O) groups excluding carboxylic acids is 1. The van der Waals surface area contributed by atoms with Crippen molar-refractivity contribution in [2.24, 2.45) is 0 Å².